The van der Waals surface area contributed by atoms with Gasteiger partial charge in [0.2, 0.25) is 0 Å². The van der Waals surface area contributed by atoms with Crippen LogP contribution in [0.1, 0.15) is 85.5 Å². The number of aliphatic hydroxyl groups excluding tert-OH is 2. The van der Waals surface area contributed by atoms with E-state index in [9.17, 15) is 15.3 Å². The smallest absolute Gasteiger partial charge is 0.0861 e. The molecule has 0 aromatic rings. The summed E-state index contributed by atoms with van der Waals surface area (Å²) in [5, 5.41) is 30.6. The molecule has 0 bridgehead atoms. The molecule has 0 aromatic carbocycles. The molecule has 4 aliphatic rings. The molecule has 0 aromatic heterocycles. The highest BCUT2D eigenvalue weighted by molar-refractivity contribution is 5.38. The van der Waals surface area contributed by atoms with E-state index in [0.29, 0.717) is 36.0 Å². The van der Waals surface area contributed by atoms with Gasteiger partial charge >= 0.3 is 0 Å². The molecule has 0 radical (unpaired) electrons. The summed E-state index contributed by atoms with van der Waals surface area (Å²) < 4.78 is 6.38. The number of hydrogen-bond donors (Lipinski definition) is 3. The maximum Gasteiger partial charge on any atom is 0.0861 e. The van der Waals surface area contributed by atoms with E-state index < -0.39 is 17.8 Å². The fourth-order valence-corrected chi connectivity index (χ4v) is 7.44. The molecule has 4 rings (SSSR count). The first-order valence-electron chi connectivity index (χ1n) is 12.8. The maximum absolute atomic E-state index is 10.4. The minimum Gasteiger partial charge on any atom is -0.393 e. The van der Waals surface area contributed by atoms with Gasteiger partial charge in [0.05, 0.1) is 30.0 Å². The van der Waals surface area contributed by atoms with Gasteiger partial charge in [0.15, 0.2) is 0 Å². The van der Waals surface area contributed by atoms with E-state index in [1.54, 1.807) is 0 Å². The zero-order valence-electron chi connectivity index (χ0n) is 20.5. The fraction of sp³-hybridized carbons (Fsp3) is 0.786. The monoisotopic (exact) mass is 444 g/mol. The lowest BCUT2D eigenvalue weighted by atomic mass is 9.60. The van der Waals surface area contributed by atoms with Gasteiger partial charge in [-0.2, -0.15) is 0 Å². The van der Waals surface area contributed by atoms with Gasteiger partial charge in [-0.05, 0) is 99.5 Å². The van der Waals surface area contributed by atoms with Crippen LogP contribution in [0, 0.1) is 23.2 Å². The molecule has 1 heterocycles. The summed E-state index contributed by atoms with van der Waals surface area (Å²) in [5.41, 5.74) is 2.82. The number of rotatable bonds is 4. The Morgan fingerprint density at radius 2 is 1.91 bits per heavy atom. The van der Waals surface area contributed by atoms with Crippen molar-refractivity contribution in [3.05, 3.63) is 35.5 Å². The van der Waals surface area contributed by atoms with Crippen molar-refractivity contribution in [2.45, 2.75) is 115 Å². The van der Waals surface area contributed by atoms with E-state index in [2.05, 4.69) is 32.6 Å². The van der Waals surface area contributed by atoms with E-state index >= 15 is 0 Å². The molecule has 3 aliphatic carbocycles. The lowest BCUT2D eigenvalue weighted by molar-refractivity contribution is -0.104. The Bertz CT molecular complexity index is 775. The topological polar surface area (TPSA) is 69.9 Å². The zero-order chi connectivity index (χ0) is 23.3. The fourth-order valence-electron chi connectivity index (χ4n) is 7.44. The normalized spacial score (nSPS) is 44.3. The second-order valence-electron chi connectivity index (χ2n) is 11.9. The van der Waals surface area contributed by atoms with Crippen molar-refractivity contribution in [1.29, 1.82) is 0 Å². The van der Waals surface area contributed by atoms with Crippen molar-refractivity contribution in [2.75, 3.05) is 0 Å². The van der Waals surface area contributed by atoms with Gasteiger partial charge in [0, 0.05) is 6.42 Å². The van der Waals surface area contributed by atoms with Crippen LogP contribution in [0.5, 0.6) is 0 Å². The van der Waals surface area contributed by atoms with Crippen LogP contribution in [0.2, 0.25) is 0 Å². The molecule has 3 N–H and O–H groups in total. The molecule has 0 unspecified atom stereocenters. The third-order valence-corrected chi connectivity index (χ3v) is 9.36. The zero-order valence-corrected chi connectivity index (χ0v) is 20.5. The minimum atomic E-state index is -0.769. The first-order chi connectivity index (χ1) is 15.0. The molecule has 0 amide bonds. The summed E-state index contributed by atoms with van der Waals surface area (Å²) in [6, 6.07) is 0. The first kappa shape index (κ1) is 24.2. The molecular weight excluding hydrogens is 400 g/mol. The average Bonchev–Trinajstić information content (AvgIpc) is 3.34. The Labute approximate surface area is 194 Å². The van der Waals surface area contributed by atoms with E-state index in [0.717, 1.165) is 30.4 Å². The molecule has 4 heteroatoms. The van der Waals surface area contributed by atoms with Gasteiger partial charge in [0.1, 0.15) is 0 Å². The molecular formula is C28H44O4. The number of allylic oxidation sites excluding steroid dienone is 3. The molecule has 8 atom stereocenters. The summed E-state index contributed by atoms with van der Waals surface area (Å²) >= 11 is 0. The molecule has 1 aliphatic heterocycles. The van der Waals surface area contributed by atoms with Gasteiger partial charge in [-0.1, -0.05) is 38.2 Å². The molecule has 180 valence electrons. The summed E-state index contributed by atoms with van der Waals surface area (Å²) in [5.74, 6) is 1.74. The van der Waals surface area contributed by atoms with Gasteiger partial charge in [-0.3, -0.25) is 0 Å². The largest absolute Gasteiger partial charge is 0.393 e. The van der Waals surface area contributed by atoms with Crippen molar-refractivity contribution >= 4 is 0 Å². The molecule has 1 saturated heterocycles. The third kappa shape index (κ3) is 4.53. The SMILES string of the molecule is C=C1/C(=C\C=C2/CCC[C@]3(C)[C@@H]([C@H](C)[C@@H]4CC[C@@H](C(C)(C)O)O4)CC[C@@H]23)C[C@@H](O)C[C@@H]1O. The van der Waals surface area contributed by atoms with Gasteiger partial charge in [0.25, 0.3) is 0 Å². The highest BCUT2D eigenvalue weighted by atomic mass is 16.5. The molecule has 0 spiro atoms. The average molecular weight is 445 g/mol. The van der Waals surface area contributed by atoms with Crippen molar-refractivity contribution in [2.24, 2.45) is 23.2 Å². The van der Waals surface area contributed by atoms with Crippen LogP contribution in [0.15, 0.2) is 35.5 Å². The third-order valence-electron chi connectivity index (χ3n) is 9.36. The second kappa shape index (κ2) is 9.02. The summed E-state index contributed by atoms with van der Waals surface area (Å²) in [6.07, 6.45) is 12.6. The lowest BCUT2D eigenvalue weighted by Crippen LogP contribution is -2.41. The lowest BCUT2D eigenvalue weighted by Gasteiger charge is -2.45. The predicted octanol–water partition coefficient (Wildman–Crippen LogP) is 5.08. The number of hydrogen-bond acceptors (Lipinski definition) is 4. The van der Waals surface area contributed by atoms with Crippen LogP contribution in [-0.2, 0) is 4.74 Å². The highest BCUT2D eigenvalue weighted by Crippen LogP contribution is 2.60. The van der Waals surface area contributed by atoms with Gasteiger partial charge < -0.3 is 20.1 Å². The molecule has 32 heavy (non-hydrogen) atoms. The van der Waals surface area contributed by atoms with Crippen molar-refractivity contribution in [1.82, 2.24) is 0 Å². The Hall–Kier alpha value is -0.940. The summed E-state index contributed by atoms with van der Waals surface area (Å²) in [4.78, 5) is 0. The maximum atomic E-state index is 10.4. The highest BCUT2D eigenvalue weighted by Gasteiger charge is 2.53. The van der Waals surface area contributed by atoms with Crippen molar-refractivity contribution in [3.8, 4) is 0 Å². The predicted molar refractivity (Wildman–Crippen MR) is 128 cm³/mol. The van der Waals surface area contributed by atoms with Crippen molar-refractivity contribution in [3.63, 3.8) is 0 Å². The van der Waals surface area contributed by atoms with Crippen LogP contribution in [0.3, 0.4) is 0 Å². The first-order valence-corrected chi connectivity index (χ1v) is 12.8. The van der Waals surface area contributed by atoms with Crippen LogP contribution in [0.25, 0.3) is 0 Å². The number of ether oxygens (including phenoxy) is 1. The summed E-state index contributed by atoms with van der Waals surface area (Å²) in [7, 11) is 0. The van der Waals surface area contributed by atoms with Crippen molar-refractivity contribution < 1.29 is 20.1 Å². The quantitative estimate of drug-likeness (QED) is 0.565. The van der Waals surface area contributed by atoms with Gasteiger partial charge in [-0.25, -0.2) is 0 Å². The van der Waals surface area contributed by atoms with E-state index in [1.165, 1.54) is 31.3 Å². The summed E-state index contributed by atoms with van der Waals surface area (Å²) in [6.45, 7) is 12.7. The van der Waals surface area contributed by atoms with Crippen LogP contribution < -0.4 is 0 Å². The standard InChI is InChI=1S/C28H44O4/c1-17-20(15-21(29)16-24(17)30)9-8-19-7-6-14-28(5)22(10-11-23(19)28)18(2)25-12-13-26(32-25)27(3,4)31/h8-9,18,21-26,29-31H,1,6-7,10-16H2,2-5H3/b19-8+,20-9-/t18-,21+,22+,23-,24-,25-,26-,28+/m0/s1. The van der Waals surface area contributed by atoms with Gasteiger partial charge in [-0.15, -0.1) is 0 Å². The van der Waals surface area contributed by atoms with Crippen LogP contribution >= 0.6 is 0 Å². The number of fused-ring (bicyclic) bond motifs is 1. The minimum absolute atomic E-state index is 0.0531. The van der Waals surface area contributed by atoms with Crippen LogP contribution in [-0.4, -0.2) is 45.3 Å². The Kier molecular flexibility index (Phi) is 6.82. The Balaban J connectivity index is 1.49. The molecule has 3 saturated carbocycles. The molecule has 4 nitrogen and oxygen atoms in total. The molecule has 4 fully saturated rings. The van der Waals surface area contributed by atoms with E-state index in [-0.39, 0.29) is 12.2 Å². The van der Waals surface area contributed by atoms with E-state index in [1.807, 2.05) is 13.8 Å². The second-order valence-corrected chi connectivity index (χ2v) is 11.9. The Morgan fingerprint density at radius 3 is 2.59 bits per heavy atom. The Morgan fingerprint density at radius 1 is 1.16 bits per heavy atom. The number of aliphatic hydroxyl groups is 3. The van der Waals surface area contributed by atoms with Crippen LogP contribution in [0.4, 0.5) is 0 Å². The van der Waals surface area contributed by atoms with E-state index in [4.69, 9.17) is 4.74 Å².